The summed E-state index contributed by atoms with van der Waals surface area (Å²) in [7, 11) is -86.0. The minimum atomic E-state index is -10.7. The van der Waals surface area contributed by atoms with Gasteiger partial charge in [-0.3, -0.25) is 0 Å². The van der Waals surface area contributed by atoms with Crippen LogP contribution in [-0.4, -0.2) is 198 Å². The van der Waals surface area contributed by atoms with E-state index in [0.29, 0.717) is 0 Å². The molecule has 7 bridgehead atoms. The van der Waals surface area contributed by atoms with Gasteiger partial charge >= 0.3 is 428 Å². The summed E-state index contributed by atoms with van der Waals surface area (Å²) in [5.41, 5.74) is 0. The number of hydrogen-bond donors (Lipinski definition) is 2. The average Bonchev–Trinajstić information content (AvgIpc) is 0.632. The monoisotopic (exact) mass is 1980 g/mol. The van der Waals surface area contributed by atoms with Gasteiger partial charge in [-0.15, -0.1) is 0 Å². The van der Waals surface area contributed by atoms with Crippen LogP contribution in [0.4, 0.5) is 0 Å². The number of rotatable bonds is 30. The second-order valence-corrected chi connectivity index (χ2v) is 56.8. The third kappa shape index (κ3) is 34.5. The summed E-state index contributed by atoms with van der Waals surface area (Å²) in [6.07, 6.45) is 0. The van der Waals surface area contributed by atoms with Crippen LogP contribution in [0.1, 0.15) is 125 Å². The molecule has 0 aliphatic carbocycles. The summed E-state index contributed by atoms with van der Waals surface area (Å²) in [5, 5.41) is 0. The number of phosphoric acid groups is 6. The Labute approximate surface area is 669 Å². The van der Waals surface area contributed by atoms with Gasteiger partial charge in [-0.05, 0) is 41.5 Å². The van der Waals surface area contributed by atoms with E-state index in [4.69, 9.17) is 268 Å². The molecule has 6 aliphatic rings. The Hall–Kier alpha value is 5.10. The summed E-state index contributed by atoms with van der Waals surface area (Å²) >= 11 is 57.7. The summed E-state index contributed by atoms with van der Waals surface area (Å²) in [5.74, 6) is 0. The van der Waals surface area contributed by atoms with Crippen LogP contribution in [0.3, 0.4) is 0 Å². The molecule has 63 heteroatoms. The van der Waals surface area contributed by atoms with E-state index in [0.717, 1.165) is 0 Å². The van der Waals surface area contributed by atoms with Crippen LogP contribution >= 0.6 is 186 Å². The van der Waals surface area contributed by atoms with Gasteiger partial charge in [0.25, 0.3) is 0 Å². The molecule has 0 aromatic carbocycles. The number of nitrogens with one attached hydrogen (secondary N) is 2. The van der Waals surface area contributed by atoms with Crippen LogP contribution in [0, 0.1) is 0 Å². The zero-order chi connectivity index (χ0) is 79.8. The maximum atomic E-state index is 16.4. The molecule has 6 saturated heterocycles. The first kappa shape index (κ1) is 108. The summed E-state index contributed by atoms with van der Waals surface area (Å²) < 4.78 is 272. The SMILES string of the molecule is CCO[Si]1(OCC)OP2(=O)O[Si](OCC)(OCC)OP3(=O)O[Si](OCC)(OCC)OP4(=O)O[Si](OCC)(OCC)OP5(=O)O[Si](OCC)(OCC)OP6(=O)O[Si](OCC)(OCC)OP(=O)(O1)O[Si-2](O2)(O3)(O6)(O4)O5.CC[NH+](CC)CC.CC[NH+](CC)CC.ClC(Cl)Cl.ClC(Cl)Cl.ClC(Cl)Cl.ClC(Cl)Cl. The van der Waals surface area contributed by atoms with Crippen LogP contribution in [-0.2, 0) is 156 Å². The Kier molecular flexibility index (Phi) is 50.6. The van der Waals surface area contributed by atoms with Crippen LogP contribution in [0.15, 0.2) is 0 Å². The molecule has 1 spiro atoms. The third-order valence-corrected chi connectivity index (χ3v) is 54.8. The Morgan fingerprint density at radius 3 is 0.379 bits per heavy atom. The molecule has 6 aliphatic heterocycles. The van der Waals surface area contributed by atoms with Crippen molar-refractivity contribution >= 4 is 249 Å². The molecular formula is C40H96Cl12N2O36P6Si7. The van der Waals surface area contributed by atoms with E-state index >= 15 is 27.4 Å². The minimum absolute atomic E-state index is 0.559. The predicted octanol–water partition coefficient (Wildman–Crippen LogP) is 14.2. The van der Waals surface area contributed by atoms with E-state index in [9.17, 15) is 0 Å². The average molecular weight is 1990 g/mol. The maximum Gasteiger partial charge on any atom is 0.180 e. The largest absolute Gasteiger partial charge is 0.336 e. The molecule has 0 aromatic heterocycles. The molecule has 38 nitrogen and oxygen atoms in total. The smallest absolute Gasteiger partial charge is 0.180 e. The van der Waals surface area contributed by atoms with Crippen molar-refractivity contribution in [3.63, 3.8) is 0 Å². The quantitative estimate of drug-likeness (QED) is 0.0383. The van der Waals surface area contributed by atoms with E-state index < -0.39 is 206 Å². The van der Waals surface area contributed by atoms with E-state index in [2.05, 4.69) is 41.5 Å². The molecule has 0 unspecified atom stereocenters. The molecule has 0 saturated carbocycles. The van der Waals surface area contributed by atoms with Crippen molar-refractivity contribution in [2.24, 2.45) is 0 Å². The second kappa shape index (κ2) is 48.2. The zero-order valence-corrected chi connectivity index (χ0v) is 80.9. The Morgan fingerprint density at radius 2 is 0.320 bits per heavy atom. The molecule has 2 N–H and O–H groups in total. The van der Waals surface area contributed by atoms with Gasteiger partial charge in [-0.2, -0.15) is 0 Å². The van der Waals surface area contributed by atoms with Crippen molar-refractivity contribution in [3.05, 3.63) is 0 Å². The standard InChI is InChI=1S/C24H60O36P6Si7.2C6H15N.4CHCl3/c1-13-31-67(32-14-2)43-61(25)45-68(33-15-3,34-16-4)47-63(27)49-70(37-19-7,38-20-8)51-65(29)53-72(41-23-11,42-24-12)54-66(30)52-71(39-21-9,40-22-10)50-64(28)48-69(35-17-5,36-18-6)46-62(26,44-67)56-73(55-61,57-63,58-64,59-65)60-66;2*1-4-7(5-2)6-3;4*2-1(3)4/h13-24H2,1-12H3;2*4-6H2,1-3H3;4*1H/q-2;;;;;;/p+2. The Morgan fingerprint density at radius 1 is 0.233 bits per heavy atom. The molecule has 6 heterocycles. The molecule has 6 fully saturated rings. The number of halogens is 12. The Balaban J connectivity index is 0.00000290. The zero-order valence-electron chi connectivity index (χ0n) is 59.5. The number of hydrogen-bond acceptors (Lipinski definition) is 36. The van der Waals surface area contributed by atoms with E-state index in [1.54, 1.807) is 9.80 Å². The molecule has 0 amide bonds. The minimum Gasteiger partial charge on any atom is -0.336 e. The normalized spacial score (nSPS) is 29.8. The van der Waals surface area contributed by atoms with E-state index in [-0.39, 0.29) is 0 Å². The van der Waals surface area contributed by atoms with Crippen molar-refractivity contribution in [2.45, 2.75) is 142 Å². The van der Waals surface area contributed by atoms with Crippen molar-refractivity contribution < 1.29 is 166 Å². The molecule has 0 radical (unpaired) electrons. The molecule has 624 valence electrons. The Bertz CT molecular complexity index is 2210. The van der Waals surface area contributed by atoms with E-state index in [1.807, 2.05) is 0 Å². The number of fused-ring (bicyclic) bond motifs is 6. The van der Waals surface area contributed by atoms with Crippen LogP contribution < -0.4 is 9.80 Å². The fraction of sp³-hybridized carbons (Fsp3) is 1.00. The number of quaternary nitrogens is 2. The molecule has 0 aromatic rings. The topological polar surface area (TPSA) is 388 Å². The summed E-state index contributed by atoms with van der Waals surface area (Å²) in [4.78, 5) is 3.36. The molecule has 6 rings (SSSR count). The first-order valence-electron chi connectivity index (χ1n) is 31.4. The number of alkyl halides is 12. The van der Waals surface area contributed by atoms with Gasteiger partial charge in [-0.1, -0.05) is 139 Å². The van der Waals surface area contributed by atoms with Gasteiger partial charge in [0.05, 0.1) is 39.3 Å². The summed E-state index contributed by atoms with van der Waals surface area (Å²) in [6.45, 7) is 30.0. The first-order valence-corrected chi connectivity index (χ1v) is 57.7. The molecular weight excluding hydrogens is 1890 g/mol. The first-order chi connectivity index (χ1) is 47.7. The van der Waals surface area contributed by atoms with Crippen LogP contribution in [0.5, 0.6) is 0 Å². The van der Waals surface area contributed by atoms with Crippen molar-refractivity contribution in [1.29, 1.82) is 0 Å². The van der Waals surface area contributed by atoms with Gasteiger partial charge in [0.15, 0.2) is 17.2 Å². The van der Waals surface area contributed by atoms with E-state index in [1.165, 1.54) is 122 Å². The molecule has 103 heavy (non-hydrogen) atoms. The fourth-order valence-corrected chi connectivity index (χ4v) is 59.9. The second-order valence-electron chi connectivity index (χ2n) is 18.4. The van der Waals surface area contributed by atoms with Gasteiger partial charge in [0.1, 0.15) is 0 Å². The fourth-order valence-electron chi connectivity index (χ4n) is 8.20. The molecule has 0 atom stereocenters. The van der Waals surface area contributed by atoms with Gasteiger partial charge in [0, 0.05) is 0 Å². The van der Waals surface area contributed by atoms with Gasteiger partial charge in [-0.25, -0.2) is 0 Å². The van der Waals surface area contributed by atoms with Crippen molar-refractivity contribution in [3.8, 4) is 0 Å². The predicted molar refractivity (Wildman–Crippen MR) is 396 cm³/mol. The van der Waals surface area contributed by atoms with Crippen molar-refractivity contribution in [1.82, 2.24) is 0 Å². The third-order valence-electron chi connectivity index (χ3n) is 11.3. The summed E-state index contributed by atoms with van der Waals surface area (Å²) in [6, 6.07) is 0. The van der Waals surface area contributed by atoms with Crippen molar-refractivity contribution in [2.75, 3.05) is 119 Å². The van der Waals surface area contributed by atoms with Crippen LogP contribution in [0.2, 0.25) is 0 Å². The maximum absolute atomic E-state index is 16.4. The van der Waals surface area contributed by atoms with Crippen LogP contribution in [0.25, 0.3) is 0 Å². The van der Waals surface area contributed by atoms with Gasteiger partial charge in [0.2, 0.25) is 0 Å². The van der Waals surface area contributed by atoms with Gasteiger partial charge < -0.3 is 9.80 Å².